The zero-order valence-corrected chi connectivity index (χ0v) is 44.3. The second kappa shape index (κ2) is 29.8. The van der Waals surface area contributed by atoms with Crippen molar-refractivity contribution in [1.82, 2.24) is 29.9 Å². The van der Waals surface area contributed by atoms with Gasteiger partial charge in [-0.05, 0) is 72.8 Å². The first kappa shape index (κ1) is 75.7. The van der Waals surface area contributed by atoms with Crippen molar-refractivity contribution in [2.75, 3.05) is 0 Å². The van der Waals surface area contributed by atoms with Gasteiger partial charge in [0, 0.05) is 37.2 Å². The minimum absolute atomic E-state index is 0. The van der Waals surface area contributed by atoms with Crippen molar-refractivity contribution in [2.45, 2.75) is 33.0 Å². The minimum Gasteiger partial charge on any atom is -0.421 e. The Kier molecular flexibility index (Phi) is 27.5. The molecule has 0 saturated carbocycles. The van der Waals surface area contributed by atoms with Crippen molar-refractivity contribution < 1.29 is 146 Å². The summed E-state index contributed by atoms with van der Waals surface area (Å²) in [7, 11) is -40.3. The van der Waals surface area contributed by atoms with Crippen molar-refractivity contribution in [3.05, 3.63) is 159 Å². The van der Waals surface area contributed by atoms with E-state index in [0.717, 1.165) is 46.5 Å². The molecule has 6 heterocycles. The van der Waals surface area contributed by atoms with Gasteiger partial charge < -0.3 is 12.4 Å². The van der Waals surface area contributed by atoms with Crippen LogP contribution in [0.3, 0.4) is 0 Å². The molecule has 456 valence electrons. The quantitative estimate of drug-likeness (QED) is 0.122. The molecule has 0 fully saturated rings. The van der Waals surface area contributed by atoms with Gasteiger partial charge in [0.05, 0.1) is 34.2 Å². The zero-order chi connectivity index (χ0) is 62.8. The largest absolute Gasteiger partial charge is 3.00 e. The van der Waals surface area contributed by atoms with Gasteiger partial charge in [-0.15, -0.1) is 0 Å². The summed E-state index contributed by atoms with van der Waals surface area (Å²) in [5.74, 6) is 0. The van der Waals surface area contributed by atoms with E-state index in [-0.39, 0.29) is 16.8 Å². The molecule has 0 aliphatic carbocycles. The van der Waals surface area contributed by atoms with E-state index >= 15 is 0 Å². The molecule has 0 spiro atoms. The van der Waals surface area contributed by atoms with Gasteiger partial charge in [-0.2, -0.15) is 79.0 Å². The molecule has 6 rings (SSSR count). The molecule has 0 atom stereocenters. The van der Waals surface area contributed by atoms with Crippen molar-refractivity contribution in [3.63, 3.8) is 0 Å². The summed E-state index contributed by atoms with van der Waals surface area (Å²) in [5.41, 5.74) is -31.7. The average molecular weight is 1370 g/mol. The summed E-state index contributed by atoms with van der Waals surface area (Å²) in [5, 5.41) is 0. The van der Waals surface area contributed by atoms with Gasteiger partial charge in [0.1, 0.15) is 0 Å². The monoisotopic (exact) mass is 1370 g/mol. The van der Waals surface area contributed by atoms with E-state index in [1.54, 1.807) is 37.2 Å². The van der Waals surface area contributed by atoms with Crippen LogP contribution in [0.4, 0.5) is 79.0 Å². The molecule has 0 saturated heterocycles. The Bertz CT molecular complexity index is 2990. The van der Waals surface area contributed by atoms with Crippen molar-refractivity contribution >= 4 is 60.1 Å². The predicted molar refractivity (Wildman–Crippen MR) is 242 cm³/mol. The molecule has 0 aliphatic rings. The molecular weight excluding hydrogens is 1340 g/mol. The summed E-state index contributed by atoms with van der Waals surface area (Å²) in [6, 6.07) is 34.8. The van der Waals surface area contributed by atoms with E-state index in [2.05, 4.69) is 29.9 Å². The fourth-order valence-corrected chi connectivity index (χ4v) is 8.86. The van der Waals surface area contributed by atoms with Gasteiger partial charge in [-0.3, -0.25) is 29.9 Å². The maximum absolute atomic E-state index is 11.4. The normalized spacial score (nSPS) is 12.7. The molecular formula is C36H24CoF18N9O12S6. The van der Waals surface area contributed by atoms with Crippen LogP contribution in [0.5, 0.6) is 0 Å². The van der Waals surface area contributed by atoms with E-state index in [1.807, 2.05) is 109 Å². The van der Waals surface area contributed by atoms with Crippen LogP contribution in [-0.2, 0) is 76.9 Å². The van der Waals surface area contributed by atoms with E-state index < -0.39 is 93.2 Å². The van der Waals surface area contributed by atoms with Crippen molar-refractivity contribution in [1.29, 1.82) is 0 Å². The second-order valence-electron chi connectivity index (χ2n) is 13.0. The third-order valence-corrected chi connectivity index (χ3v) is 15.3. The number of nitrogens with zero attached hydrogens (tertiary/aromatic N) is 9. The number of pyridine rings is 6. The SMILES string of the molecule is O=S(=O)([N-]S(=O)(=O)C(F)(F)F)C(F)(F)F.O=S(=O)([N-]S(=O)(=O)C(F)(F)F)C(F)(F)F.O=S(=O)([N-]S(=O)(=O)C(F)(F)F)C(F)(F)F.[Co+3].c1ccc(-c2ccccn2)nc1.c1ccc(-c2ccccn2)nc1.c1ccc(-c2ccccn2)nc1. The van der Waals surface area contributed by atoms with E-state index in [9.17, 15) is 130 Å². The minimum atomic E-state index is -6.72. The third kappa shape index (κ3) is 24.7. The summed E-state index contributed by atoms with van der Waals surface area (Å²) < 4.78 is 328. The zero-order valence-electron chi connectivity index (χ0n) is 38.4. The van der Waals surface area contributed by atoms with Crippen LogP contribution in [0.25, 0.3) is 46.5 Å². The van der Waals surface area contributed by atoms with Gasteiger partial charge in [-0.1, -0.05) is 36.4 Å². The fourth-order valence-electron chi connectivity index (χ4n) is 3.73. The molecule has 0 aromatic carbocycles. The van der Waals surface area contributed by atoms with Crippen molar-refractivity contribution in [2.24, 2.45) is 0 Å². The molecule has 0 amide bonds. The Labute approximate surface area is 460 Å². The molecule has 6 aromatic heterocycles. The number of hydrogen-bond acceptors (Lipinski definition) is 18. The Morgan fingerprint density at radius 3 is 0.415 bits per heavy atom. The first-order valence-corrected chi connectivity index (χ1v) is 27.7. The van der Waals surface area contributed by atoms with Gasteiger partial charge >= 0.3 is 49.8 Å². The van der Waals surface area contributed by atoms with Crippen LogP contribution in [-0.4, -0.2) is 113 Å². The molecule has 0 aliphatic heterocycles. The second-order valence-corrected chi connectivity index (χ2v) is 23.3. The van der Waals surface area contributed by atoms with Crippen LogP contribution in [0.2, 0.25) is 0 Å². The molecule has 0 N–H and O–H groups in total. The molecule has 6 aromatic rings. The molecule has 0 bridgehead atoms. The average Bonchev–Trinajstić information content (AvgIpc) is 3.34. The Balaban J connectivity index is 0.000000959. The standard InChI is InChI=1S/3C10H8N2.3C2F6NO4S2.Co/c3*1-3-7-11-9(5-1)10-6-2-4-8-12-10;3*3-1(4,5)14(10,11)9-15(12,13)2(6,7)8;/h3*1-8H;;;;/q;;;3*-1;+3. The van der Waals surface area contributed by atoms with Crippen LogP contribution in [0, 0.1) is 0 Å². The van der Waals surface area contributed by atoms with Crippen LogP contribution in [0.1, 0.15) is 0 Å². The number of sulfonamides is 6. The topological polar surface area (TPSA) is 324 Å². The third-order valence-electron chi connectivity index (χ3n) is 7.12. The van der Waals surface area contributed by atoms with E-state index in [4.69, 9.17) is 0 Å². The van der Waals surface area contributed by atoms with Gasteiger partial charge in [-0.25, -0.2) is 50.5 Å². The van der Waals surface area contributed by atoms with Crippen LogP contribution >= 0.6 is 0 Å². The number of aromatic nitrogens is 6. The van der Waals surface area contributed by atoms with E-state index in [1.165, 1.54) is 0 Å². The van der Waals surface area contributed by atoms with Gasteiger partial charge in [0.2, 0.25) is 0 Å². The summed E-state index contributed by atoms with van der Waals surface area (Å²) >= 11 is 0. The summed E-state index contributed by atoms with van der Waals surface area (Å²) in [6.07, 6.45) is 10.6. The molecule has 82 heavy (non-hydrogen) atoms. The summed E-state index contributed by atoms with van der Waals surface area (Å²) in [4.78, 5) is 25.1. The predicted octanol–water partition coefficient (Wildman–Crippen LogP) is 9.61. The van der Waals surface area contributed by atoms with Crippen LogP contribution < -0.4 is 0 Å². The van der Waals surface area contributed by atoms with Gasteiger partial charge in [0.15, 0.2) is 60.1 Å². The van der Waals surface area contributed by atoms with Gasteiger partial charge in [0.25, 0.3) is 0 Å². The first-order valence-electron chi connectivity index (χ1n) is 19.1. The first-order chi connectivity index (χ1) is 36.5. The van der Waals surface area contributed by atoms with Crippen molar-refractivity contribution in [3.8, 4) is 34.2 Å². The number of rotatable bonds is 9. The van der Waals surface area contributed by atoms with Crippen LogP contribution in [0.15, 0.2) is 146 Å². The number of alkyl halides is 18. The maximum atomic E-state index is 11.4. The maximum Gasteiger partial charge on any atom is 3.00 e. The Morgan fingerprint density at radius 2 is 0.341 bits per heavy atom. The molecule has 21 nitrogen and oxygen atoms in total. The molecule has 0 unspecified atom stereocenters. The Hall–Kier alpha value is -6.27. The smallest absolute Gasteiger partial charge is 0.421 e. The molecule has 46 heteroatoms. The number of hydrogen-bond donors (Lipinski definition) is 0. The Morgan fingerprint density at radius 1 is 0.232 bits per heavy atom. The van der Waals surface area contributed by atoms with E-state index in [0.29, 0.717) is 0 Å². The summed E-state index contributed by atoms with van der Waals surface area (Å²) in [6.45, 7) is 0. The fraction of sp³-hybridized carbons (Fsp3) is 0.167. The number of halogens is 18. The molecule has 0 radical (unpaired) electrons.